The molecule has 6 heteroatoms. The molecule has 110 valence electrons. The molecule has 0 fully saturated rings. The topological polar surface area (TPSA) is 72.5 Å². The molecule has 1 N–H and O–H groups in total. The summed E-state index contributed by atoms with van der Waals surface area (Å²) >= 11 is 0. The third kappa shape index (κ3) is 3.90. The minimum absolute atomic E-state index is 0.108. The number of carbonyl (C=O) groups is 1. The number of hydroxylamine groups is 1. The van der Waals surface area contributed by atoms with Crippen LogP contribution in [0.1, 0.15) is 15.9 Å². The molecule has 0 aromatic heterocycles. The molecule has 0 aliphatic rings. The van der Waals surface area contributed by atoms with Crippen molar-refractivity contribution in [1.29, 1.82) is 0 Å². The summed E-state index contributed by atoms with van der Waals surface area (Å²) in [4.78, 5) is 16.3. The average Bonchev–Trinajstić information content (AvgIpc) is 2.49. The number of benzene rings is 2. The van der Waals surface area contributed by atoms with Gasteiger partial charge in [0.2, 0.25) is 0 Å². The van der Waals surface area contributed by atoms with E-state index in [1.807, 2.05) is 0 Å². The van der Waals surface area contributed by atoms with Crippen molar-refractivity contribution < 1.29 is 18.0 Å². The molecule has 0 unspecified atom stereocenters. The first-order valence-electron chi connectivity index (χ1n) is 6.23. The van der Waals surface area contributed by atoms with Crippen LogP contribution in [0.2, 0.25) is 0 Å². The Balaban J connectivity index is 2.15. The van der Waals surface area contributed by atoms with Crippen molar-refractivity contribution in [3.05, 3.63) is 65.7 Å². The van der Waals surface area contributed by atoms with E-state index in [1.165, 1.54) is 7.11 Å². The number of hydrogen-bond donors (Lipinski definition) is 1. The maximum absolute atomic E-state index is 12.2. The Kier molecular flexibility index (Phi) is 4.72. The summed E-state index contributed by atoms with van der Waals surface area (Å²) in [6.45, 7) is 0. The van der Waals surface area contributed by atoms with Gasteiger partial charge >= 0.3 is 0 Å². The Hall–Kier alpha value is -2.18. The highest BCUT2D eigenvalue weighted by atomic mass is 32.2. The zero-order valence-electron chi connectivity index (χ0n) is 11.4. The summed E-state index contributed by atoms with van der Waals surface area (Å²) in [6.07, 6.45) is 0. The van der Waals surface area contributed by atoms with Crippen LogP contribution in [0.5, 0.6) is 0 Å². The maximum atomic E-state index is 12.2. The standard InChI is InChI=1S/C15H15NO4S/c1-20-16-15(17)13-9-7-12(8-10-13)11-21(18,19)14-5-3-2-4-6-14/h2-10H,11H2,1H3,(H,16,17). The molecule has 0 spiro atoms. The van der Waals surface area contributed by atoms with Crippen LogP contribution < -0.4 is 5.48 Å². The first kappa shape index (κ1) is 15.2. The molecule has 0 radical (unpaired) electrons. The number of sulfone groups is 1. The van der Waals surface area contributed by atoms with Gasteiger partial charge in [-0.25, -0.2) is 13.9 Å². The Morgan fingerprint density at radius 2 is 1.67 bits per heavy atom. The van der Waals surface area contributed by atoms with Crippen LogP contribution in [-0.2, 0) is 20.4 Å². The lowest BCUT2D eigenvalue weighted by atomic mass is 10.1. The first-order chi connectivity index (χ1) is 10.0. The molecular formula is C15H15NO4S. The fourth-order valence-electron chi connectivity index (χ4n) is 1.83. The molecule has 0 bridgehead atoms. The smallest absolute Gasteiger partial charge is 0.274 e. The van der Waals surface area contributed by atoms with E-state index >= 15 is 0 Å². The molecule has 2 rings (SSSR count). The summed E-state index contributed by atoms with van der Waals surface area (Å²) in [7, 11) is -2.04. The monoisotopic (exact) mass is 305 g/mol. The third-order valence-corrected chi connectivity index (χ3v) is 4.57. The van der Waals surface area contributed by atoms with Crippen LogP contribution in [0, 0.1) is 0 Å². The van der Waals surface area contributed by atoms with Crippen LogP contribution >= 0.6 is 0 Å². The highest BCUT2D eigenvalue weighted by Gasteiger charge is 2.15. The number of amides is 1. The van der Waals surface area contributed by atoms with Crippen LogP contribution in [0.25, 0.3) is 0 Å². The van der Waals surface area contributed by atoms with Gasteiger partial charge in [-0.1, -0.05) is 30.3 Å². The molecule has 1 amide bonds. The predicted molar refractivity (Wildman–Crippen MR) is 78.2 cm³/mol. The highest BCUT2D eigenvalue weighted by Crippen LogP contribution is 2.16. The maximum Gasteiger partial charge on any atom is 0.274 e. The number of rotatable bonds is 5. The molecule has 0 saturated heterocycles. The molecule has 21 heavy (non-hydrogen) atoms. The summed E-state index contributed by atoms with van der Waals surface area (Å²) < 4.78 is 24.4. The lowest BCUT2D eigenvalue weighted by molar-refractivity contribution is 0.0537. The van der Waals surface area contributed by atoms with Crippen molar-refractivity contribution in [3.63, 3.8) is 0 Å². The number of hydrogen-bond acceptors (Lipinski definition) is 4. The molecular weight excluding hydrogens is 290 g/mol. The Labute approximate surface area is 123 Å². The van der Waals surface area contributed by atoms with E-state index in [0.717, 1.165) is 0 Å². The predicted octanol–water partition coefficient (Wildman–Crippen LogP) is 1.95. The Morgan fingerprint density at radius 1 is 1.05 bits per heavy atom. The second-order valence-electron chi connectivity index (χ2n) is 4.40. The summed E-state index contributed by atoms with van der Waals surface area (Å²) in [6, 6.07) is 14.6. The van der Waals surface area contributed by atoms with Crippen LogP contribution in [0.3, 0.4) is 0 Å². The lowest BCUT2D eigenvalue weighted by Gasteiger charge is -2.06. The molecule has 2 aromatic carbocycles. The van der Waals surface area contributed by atoms with Gasteiger partial charge in [0.05, 0.1) is 17.8 Å². The van der Waals surface area contributed by atoms with E-state index < -0.39 is 9.84 Å². The molecule has 5 nitrogen and oxygen atoms in total. The van der Waals surface area contributed by atoms with E-state index in [1.54, 1.807) is 54.6 Å². The van der Waals surface area contributed by atoms with Gasteiger partial charge in [0.1, 0.15) is 0 Å². The minimum atomic E-state index is -3.38. The zero-order chi connectivity index (χ0) is 15.3. The average molecular weight is 305 g/mol. The number of nitrogens with one attached hydrogen (secondary N) is 1. The fraction of sp³-hybridized carbons (Fsp3) is 0.133. The largest absolute Gasteiger partial charge is 0.277 e. The zero-order valence-corrected chi connectivity index (χ0v) is 12.3. The van der Waals surface area contributed by atoms with Crippen molar-refractivity contribution in [2.45, 2.75) is 10.6 Å². The van der Waals surface area contributed by atoms with Gasteiger partial charge in [0.25, 0.3) is 5.91 Å². The molecule has 0 heterocycles. The second-order valence-corrected chi connectivity index (χ2v) is 6.39. The van der Waals surface area contributed by atoms with Crippen LogP contribution in [0.15, 0.2) is 59.5 Å². The van der Waals surface area contributed by atoms with Gasteiger partial charge in [-0.05, 0) is 29.8 Å². The van der Waals surface area contributed by atoms with E-state index in [-0.39, 0.29) is 16.6 Å². The molecule has 0 aliphatic carbocycles. The highest BCUT2D eigenvalue weighted by molar-refractivity contribution is 7.90. The Morgan fingerprint density at radius 3 is 2.24 bits per heavy atom. The van der Waals surface area contributed by atoms with E-state index in [2.05, 4.69) is 10.3 Å². The van der Waals surface area contributed by atoms with Crippen LogP contribution in [0.4, 0.5) is 0 Å². The first-order valence-corrected chi connectivity index (χ1v) is 7.88. The molecule has 0 atom stereocenters. The summed E-state index contributed by atoms with van der Waals surface area (Å²) in [5.74, 6) is -0.488. The molecule has 2 aromatic rings. The van der Waals surface area contributed by atoms with Crippen molar-refractivity contribution in [1.82, 2.24) is 5.48 Å². The van der Waals surface area contributed by atoms with Gasteiger partial charge in [0, 0.05) is 5.56 Å². The SMILES string of the molecule is CONC(=O)c1ccc(CS(=O)(=O)c2ccccc2)cc1. The second kappa shape index (κ2) is 6.51. The van der Waals surface area contributed by atoms with Gasteiger partial charge in [-0.3, -0.25) is 9.63 Å². The van der Waals surface area contributed by atoms with Crippen molar-refractivity contribution in [3.8, 4) is 0 Å². The van der Waals surface area contributed by atoms with Crippen molar-refractivity contribution >= 4 is 15.7 Å². The fourth-order valence-corrected chi connectivity index (χ4v) is 3.20. The molecule has 0 saturated carbocycles. The summed E-state index contributed by atoms with van der Waals surface area (Å²) in [5, 5.41) is 0. The van der Waals surface area contributed by atoms with Gasteiger partial charge < -0.3 is 0 Å². The minimum Gasteiger partial charge on any atom is -0.277 e. The third-order valence-electron chi connectivity index (χ3n) is 2.87. The van der Waals surface area contributed by atoms with Crippen molar-refractivity contribution in [2.75, 3.05) is 7.11 Å². The van der Waals surface area contributed by atoms with Crippen molar-refractivity contribution in [2.24, 2.45) is 0 Å². The lowest BCUT2D eigenvalue weighted by Crippen LogP contribution is -2.21. The van der Waals surface area contributed by atoms with Gasteiger partial charge in [-0.15, -0.1) is 0 Å². The van der Waals surface area contributed by atoms with Gasteiger partial charge in [-0.2, -0.15) is 0 Å². The quantitative estimate of drug-likeness (QED) is 0.857. The normalized spacial score (nSPS) is 11.1. The number of carbonyl (C=O) groups excluding carboxylic acids is 1. The molecule has 0 aliphatic heterocycles. The van der Waals surface area contributed by atoms with Gasteiger partial charge in [0.15, 0.2) is 9.84 Å². The van der Waals surface area contributed by atoms with Crippen LogP contribution in [-0.4, -0.2) is 21.4 Å². The van der Waals surface area contributed by atoms with E-state index in [9.17, 15) is 13.2 Å². The van der Waals surface area contributed by atoms with E-state index in [4.69, 9.17) is 0 Å². The Bertz CT molecular complexity index is 709. The van der Waals surface area contributed by atoms with E-state index in [0.29, 0.717) is 11.1 Å². The summed E-state index contributed by atoms with van der Waals surface area (Å²) in [5.41, 5.74) is 3.22.